The van der Waals surface area contributed by atoms with E-state index in [4.69, 9.17) is 23.2 Å². The van der Waals surface area contributed by atoms with E-state index in [0.29, 0.717) is 22.4 Å². The highest BCUT2D eigenvalue weighted by Crippen LogP contribution is 2.21. The summed E-state index contributed by atoms with van der Waals surface area (Å²) in [6.45, 7) is 5.27. The zero-order chi connectivity index (χ0) is 19.4. The summed E-state index contributed by atoms with van der Waals surface area (Å²) in [5.41, 5.74) is 2.82. The second kappa shape index (κ2) is 8.41. The van der Waals surface area contributed by atoms with Crippen molar-refractivity contribution in [2.45, 2.75) is 26.9 Å². The Bertz CT molecular complexity index is 990. The molecule has 8 heteroatoms. The van der Waals surface area contributed by atoms with E-state index in [9.17, 15) is 4.79 Å². The lowest BCUT2D eigenvalue weighted by Gasteiger charge is -2.05. The summed E-state index contributed by atoms with van der Waals surface area (Å²) in [7, 11) is 0. The number of rotatable bonds is 6. The van der Waals surface area contributed by atoms with E-state index in [1.54, 1.807) is 41.4 Å². The van der Waals surface area contributed by atoms with Gasteiger partial charge in [-0.3, -0.25) is 14.2 Å². The van der Waals surface area contributed by atoms with Gasteiger partial charge in [-0.1, -0.05) is 29.3 Å². The van der Waals surface area contributed by atoms with Gasteiger partial charge in [-0.15, -0.1) is 0 Å². The molecule has 3 aromatic rings. The van der Waals surface area contributed by atoms with E-state index in [0.717, 1.165) is 23.4 Å². The number of anilines is 1. The monoisotopic (exact) mass is 403 g/mol. The Hall–Kier alpha value is -2.57. The number of aromatic nitrogens is 4. The molecule has 1 amide bonds. The Balaban J connectivity index is 1.62. The van der Waals surface area contributed by atoms with Gasteiger partial charge in [0.25, 0.3) is 0 Å². The maximum Gasteiger partial charge on any atom is 0.249 e. The molecule has 0 radical (unpaired) electrons. The first kappa shape index (κ1) is 19.2. The first-order valence-corrected chi connectivity index (χ1v) is 9.20. The third-order valence-corrected chi connectivity index (χ3v) is 4.68. The quantitative estimate of drug-likeness (QED) is 0.619. The van der Waals surface area contributed by atoms with E-state index in [2.05, 4.69) is 15.5 Å². The van der Waals surface area contributed by atoms with Crippen molar-refractivity contribution < 1.29 is 4.79 Å². The van der Waals surface area contributed by atoms with Crippen LogP contribution in [0.15, 0.2) is 42.7 Å². The van der Waals surface area contributed by atoms with Gasteiger partial charge in [0.05, 0.1) is 12.7 Å². The van der Waals surface area contributed by atoms with Crippen LogP contribution in [0, 0.1) is 6.92 Å². The molecule has 0 aliphatic rings. The smallest absolute Gasteiger partial charge is 0.249 e. The summed E-state index contributed by atoms with van der Waals surface area (Å²) in [5, 5.41) is 12.5. The van der Waals surface area contributed by atoms with E-state index >= 15 is 0 Å². The fourth-order valence-electron chi connectivity index (χ4n) is 2.62. The fourth-order valence-corrected chi connectivity index (χ4v) is 3.09. The van der Waals surface area contributed by atoms with Gasteiger partial charge in [-0.05, 0) is 37.6 Å². The Morgan fingerprint density at radius 1 is 1.30 bits per heavy atom. The molecular weight excluding hydrogens is 385 g/mol. The zero-order valence-corrected chi connectivity index (χ0v) is 16.5. The van der Waals surface area contributed by atoms with Crippen molar-refractivity contribution in [2.24, 2.45) is 0 Å². The summed E-state index contributed by atoms with van der Waals surface area (Å²) in [4.78, 5) is 12.1. The van der Waals surface area contributed by atoms with Gasteiger partial charge >= 0.3 is 0 Å². The summed E-state index contributed by atoms with van der Waals surface area (Å²) in [6.07, 6.45) is 6.74. The minimum atomic E-state index is -0.256. The van der Waals surface area contributed by atoms with Crippen molar-refractivity contribution in [1.29, 1.82) is 0 Å². The molecule has 27 heavy (non-hydrogen) atoms. The fraction of sp³-hybridized carbons (Fsp3) is 0.211. The predicted molar refractivity (Wildman–Crippen MR) is 108 cm³/mol. The number of hydrogen-bond acceptors (Lipinski definition) is 3. The predicted octanol–water partition coefficient (Wildman–Crippen LogP) is 4.41. The van der Waals surface area contributed by atoms with Crippen LogP contribution in [0.3, 0.4) is 0 Å². The highest BCUT2D eigenvalue weighted by Gasteiger charge is 2.07. The number of benzene rings is 1. The second-order valence-corrected chi connectivity index (χ2v) is 6.80. The number of hydrogen-bond donors (Lipinski definition) is 1. The highest BCUT2D eigenvalue weighted by atomic mass is 35.5. The molecule has 1 N–H and O–H groups in total. The molecule has 1 aromatic carbocycles. The maximum atomic E-state index is 12.1. The van der Waals surface area contributed by atoms with Crippen molar-refractivity contribution in [3.05, 3.63) is 69.6 Å². The SMILES string of the molecule is CCn1ncc(/C=C/C(=O)Nc2ccn(Cc3ccc(Cl)cc3Cl)n2)c1C. The van der Waals surface area contributed by atoms with Crippen LogP contribution in [-0.2, 0) is 17.9 Å². The molecule has 140 valence electrons. The van der Waals surface area contributed by atoms with Crippen molar-refractivity contribution in [2.75, 3.05) is 5.32 Å². The van der Waals surface area contributed by atoms with E-state index in [1.165, 1.54) is 6.08 Å². The van der Waals surface area contributed by atoms with Crippen LogP contribution >= 0.6 is 23.2 Å². The Morgan fingerprint density at radius 3 is 2.81 bits per heavy atom. The number of nitrogens with zero attached hydrogens (tertiary/aromatic N) is 4. The standard InChI is InChI=1S/C19H19Cl2N5O/c1-3-26-13(2)14(11-22-26)5-7-19(27)23-18-8-9-25(24-18)12-15-4-6-16(20)10-17(15)21/h4-11H,3,12H2,1-2H3,(H,23,24,27)/b7-5+. The topological polar surface area (TPSA) is 64.7 Å². The molecule has 0 aliphatic carbocycles. The Labute approximate surface area is 167 Å². The van der Waals surface area contributed by atoms with Gasteiger partial charge in [0.15, 0.2) is 5.82 Å². The van der Waals surface area contributed by atoms with Crippen LogP contribution in [0.25, 0.3) is 6.08 Å². The lowest BCUT2D eigenvalue weighted by molar-refractivity contribution is -0.111. The minimum absolute atomic E-state index is 0.256. The third kappa shape index (κ3) is 4.78. The molecule has 0 unspecified atom stereocenters. The molecule has 3 rings (SSSR count). The molecule has 0 bridgehead atoms. The first-order chi connectivity index (χ1) is 13.0. The normalized spacial score (nSPS) is 11.3. The third-order valence-electron chi connectivity index (χ3n) is 4.09. The van der Waals surface area contributed by atoms with Crippen LogP contribution in [0.4, 0.5) is 5.82 Å². The largest absolute Gasteiger partial charge is 0.306 e. The first-order valence-electron chi connectivity index (χ1n) is 8.45. The molecule has 0 saturated carbocycles. The number of halogens is 2. The summed E-state index contributed by atoms with van der Waals surface area (Å²) >= 11 is 12.1. The number of carbonyl (C=O) groups excluding carboxylic acids is 1. The van der Waals surface area contributed by atoms with Crippen LogP contribution in [-0.4, -0.2) is 25.5 Å². The van der Waals surface area contributed by atoms with E-state index < -0.39 is 0 Å². The van der Waals surface area contributed by atoms with Crippen LogP contribution in [0.5, 0.6) is 0 Å². The van der Waals surface area contributed by atoms with Crippen LogP contribution < -0.4 is 5.32 Å². The molecule has 2 heterocycles. The molecule has 0 atom stereocenters. The maximum absolute atomic E-state index is 12.1. The molecule has 6 nitrogen and oxygen atoms in total. The van der Waals surface area contributed by atoms with Gasteiger partial charge in [0.2, 0.25) is 5.91 Å². The van der Waals surface area contributed by atoms with E-state index in [-0.39, 0.29) is 5.91 Å². The van der Waals surface area contributed by atoms with Crippen LogP contribution in [0.1, 0.15) is 23.7 Å². The van der Waals surface area contributed by atoms with Crippen molar-refractivity contribution in [3.63, 3.8) is 0 Å². The minimum Gasteiger partial charge on any atom is -0.306 e. The molecule has 0 spiro atoms. The summed E-state index contributed by atoms with van der Waals surface area (Å²) in [6, 6.07) is 7.06. The van der Waals surface area contributed by atoms with Gasteiger partial charge in [-0.25, -0.2) is 0 Å². The Kier molecular flexibility index (Phi) is 5.98. The van der Waals surface area contributed by atoms with Crippen molar-refractivity contribution in [1.82, 2.24) is 19.6 Å². The molecule has 2 aromatic heterocycles. The number of carbonyl (C=O) groups is 1. The molecule has 0 saturated heterocycles. The van der Waals surface area contributed by atoms with Crippen molar-refractivity contribution in [3.8, 4) is 0 Å². The number of aryl methyl sites for hydroxylation is 1. The van der Waals surface area contributed by atoms with Gasteiger partial charge in [0.1, 0.15) is 0 Å². The second-order valence-electron chi connectivity index (χ2n) is 5.96. The molecular formula is C19H19Cl2N5O. The van der Waals surface area contributed by atoms with Gasteiger partial charge < -0.3 is 5.32 Å². The molecule has 0 fully saturated rings. The Morgan fingerprint density at radius 2 is 2.11 bits per heavy atom. The average molecular weight is 404 g/mol. The van der Waals surface area contributed by atoms with E-state index in [1.807, 2.05) is 24.6 Å². The highest BCUT2D eigenvalue weighted by molar-refractivity contribution is 6.35. The van der Waals surface area contributed by atoms with Crippen LogP contribution in [0.2, 0.25) is 10.0 Å². The summed E-state index contributed by atoms with van der Waals surface area (Å²) in [5.74, 6) is 0.212. The lowest BCUT2D eigenvalue weighted by atomic mass is 10.2. The average Bonchev–Trinajstić information content (AvgIpc) is 3.21. The number of amides is 1. The molecule has 0 aliphatic heterocycles. The number of nitrogens with one attached hydrogen (secondary N) is 1. The van der Waals surface area contributed by atoms with Gasteiger partial charge in [0, 0.05) is 46.2 Å². The van der Waals surface area contributed by atoms with Crippen molar-refractivity contribution >= 4 is 41.0 Å². The lowest BCUT2D eigenvalue weighted by Crippen LogP contribution is -2.09. The summed E-state index contributed by atoms with van der Waals surface area (Å²) < 4.78 is 3.57. The van der Waals surface area contributed by atoms with Gasteiger partial charge in [-0.2, -0.15) is 10.2 Å². The zero-order valence-electron chi connectivity index (χ0n) is 15.0.